The Morgan fingerprint density at radius 1 is 1.28 bits per heavy atom. The molecule has 9 nitrogen and oxygen atoms in total. The number of methoxy groups -OCH3 is 1. The Bertz CT molecular complexity index is 726. The van der Waals surface area contributed by atoms with E-state index in [1.54, 1.807) is 14.2 Å². The minimum Gasteiger partial charge on any atom is -0.381 e. The van der Waals surface area contributed by atoms with Crippen molar-refractivity contribution in [3.8, 4) is 0 Å². The van der Waals surface area contributed by atoms with Gasteiger partial charge < -0.3 is 9.47 Å². The van der Waals surface area contributed by atoms with Gasteiger partial charge in [-0.15, -0.1) is 0 Å². The molecule has 1 aromatic rings. The highest BCUT2D eigenvalue weighted by atomic mass is 16.5. The van der Waals surface area contributed by atoms with Crippen molar-refractivity contribution in [1.82, 2.24) is 14.4 Å². The van der Waals surface area contributed by atoms with Crippen molar-refractivity contribution >= 4 is 23.7 Å². The van der Waals surface area contributed by atoms with Crippen LogP contribution in [-0.4, -0.2) is 72.7 Å². The molecule has 0 N–H and O–H groups in total. The number of hydrogen-bond acceptors (Lipinski definition) is 5. The lowest BCUT2D eigenvalue weighted by molar-refractivity contribution is -0.677. The van der Waals surface area contributed by atoms with E-state index in [0.29, 0.717) is 38.1 Å². The number of aliphatic imine (C=N–C) groups is 1. The number of aryl methyl sites for hydroxylation is 1. The Balaban J connectivity index is 1.93. The highest BCUT2D eigenvalue weighted by Gasteiger charge is 2.52. The summed E-state index contributed by atoms with van der Waals surface area (Å²) >= 11 is 0. The topological polar surface area (TPSA) is 80.2 Å². The number of carbonyl (C=O) groups excluding carboxylic acids is 2. The summed E-state index contributed by atoms with van der Waals surface area (Å²) in [7, 11) is 3.29. The summed E-state index contributed by atoms with van der Waals surface area (Å²) in [6.45, 7) is 6.12. The summed E-state index contributed by atoms with van der Waals surface area (Å²) in [5.41, 5.74) is 0.989. The number of amides is 3. The summed E-state index contributed by atoms with van der Waals surface area (Å²) in [6, 6.07) is -0.979. The minimum atomic E-state index is -0.609. The number of fused-ring (bicyclic) bond motifs is 3. The van der Waals surface area contributed by atoms with Gasteiger partial charge >= 0.3 is 12.0 Å². The van der Waals surface area contributed by atoms with Gasteiger partial charge in [-0.1, -0.05) is 4.99 Å². The van der Waals surface area contributed by atoms with Crippen LogP contribution < -0.4 is 4.57 Å². The number of likely N-dealkylation sites (N-methyl/N-ethyl adjacent to an activating group) is 1. The summed E-state index contributed by atoms with van der Waals surface area (Å²) in [6.07, 6.45) is 1.90. The molecule has 0 radical (unpaired) electrons. The van der Waals surface area contributed by atoms with Crippen molar-refractivity contribution in [3.63, 3.8) is 0 Å². The van der Waals surface area contributed by atoms with Gasteiger partial charge in [-0.3, -0.25) is 14.6 Å². The average Bonchev–Trinajstić information content (AvgIpc) is 3.09. The first-order valence-corrected chi connectivity index (χ1v) is 8.36. The zero-order chi connectivity index (χ0) is 18.1. The number of ether oxygens (including phenoxy) is 2. The maximum atomic E-state index is 12.9. The fourth-order valence-electron chi connectivity index (χ4n) is 3.20. The summed E-state index contributed by atoms with van der Waals surface area (Å²) in [5.74, 6) is 0.854. The number of amidine groups is 1. The standard InChI is InChI=1S/C16H24N5O4/c1-5-25-9-7-20-14(22)12-13(18(3)16(20)23)17-15-19(6-8-24-4)11(2)10-21(12)15/h10,12H,5-9H2,1-4H3/q+1. The van der Waals surface area contributed by atoms with Crippen molar-refractivity contribution in [2.45, 2.75) is 26.4 Å². The highest BCUT2D eigenvalue weighted by molar-refractivity contribution is 6.19. The van der Waals surface area contributed by atoms with Crippen LogP contribution in [0.4, 0.5) is 10.7 Å². The smallest absolute Gasteiger partial charge is 0.381 e. The molecule has 0 aliphatic carbocycles. The van der Waals surface area contributed by atoms with Crippen molar-refractivity contribution in [1.29, 1.82) is 0 Å². The molecule has 0 spiro atoms. The normalized spacial score (nSPS) is 19.4. The molecular formula is C16H24N5O4+. The van der Waals surface area contributed by atoms with E-state index in [1.807, 2.05) is 29.2 Å². The van der Waals surface area contributed by atoms with E-state index >= 15 is 0 Å². The lowest BCUT2D eigenvalue weighted by Gasteiger charge is -2.32. The highest BCUT2D eigenvalue weighted by Crippen LogP contribution is 2.28. The molecule has 1 saturated heterocycles. The van der Waals surface area contributed by atoms with Crippen molar-refractivity contribution < 1.29 is 23.6 Å². The van der Waals surface area contributed by atoms with Gasteiger partial charge in [0.25, 0.3) is 5.91 Å². The molecule has 1 unspecified atom stereocenters. The molecule has 2 aliphatic rings. The van der Waals surface area contributed by atoms with Crippen LogP contribution in [0.15, 0.2) is 11.2 Å². The molecule has 3 amide bonds. The van der Waals surface area contributed by atoms with Crippen molar-refractivity contribution in [3.05, 3.63) is 11.9 Å². The van der Waals surface area contributed by atoms with E-state index in [-0.39, 0.29) is 18.5 Å². The second-order valence-corrected chi connectivity index (χ2v) is 6.02. The van der Waals surface area contributed by atoms with Crippen LogP contribution in [-0.2, 0) is 20.8 Å². The second kappa shape index (κ2) is 6.93. The third kappa shape index (κ3) is 2.83. The molecule has 3 heterocycles. The molecule has 0 aromatic carbocycles. The third-order valence-corrected chi connectivity index (χ3v) is 4.51. The quantitative estimate of drug-likeness (QED) is 0.521. The van der Waals surface area contributed by atoms with E-state index in [9.17, 15) is 9.59 Å². The third-order valence-electron chi connectivity index (χ3n) is 4.51. The van der Waals surface area contributed by atoms with Crippen LogP contribution in [0.3, 0.4) is 0 Å². The minimum absolute atomic E-state index is 0.235. The van der Waals surface area contributed by atoms with Gasteiger partial charge in [-0.05, 0) is 13.8 Å². The van der Waals surface area contributed by atoms with Crippen LogP contribution in [0.2, 0.25) is 0 Å². The largest absolute Gasteiger partial charge is 0.402 e. The Morgan fingerprint density at radius 3 is 2.72 bits per heavy atom. The van der Waals surface area contributed by atoms with Gasteiger partial charge in [0.05, 0.1) is 26.3 Å². The number of imidazole rings is 1. The van der Waals surface area contributed by atoms with Gasteiger partial charge in [0.2, 0.25) is 11.9 Å². The Labute approximate surface area is 146 Å². The summed E-state index contributed by atoms with van der Waals surface area (Å²) < 4.78 is 14.3. The predicted molar refractivity (Wildman–Crippen MR) is 88.7 cm³/mol. The zero-order valence-electron chi connectivity index (χ0n) is 15.1. The molecule has 1 atom stereocenters. The number of aromatic nitrogens is 2. The number of carbonyl (C=O) groups is 2. The molecule has 1 fully saturated rings. The van der Waals surface area contributed by atoms with Crippen molar-refractivity contribution in [2.24, 2.45) is 4.99 Å². The maximum Gasteiger partial charge on any atom is 0.402 e. The van der Waals surface area contributed by atoms with Crippen molar-refractivity contribution in [2.75, 3.05) is 40.5 Å². The van der Waals surface area contributed by atoms with Crippen LogP contribution >= 0.6 is 0 Å². The summed E-state index contributed by atoms with van der Waals surface area (Å²) in [4.78, 5) is 32.7. The molecule has 1 aromatic heterocycles. The molecule has 136 valence electrons. The van der Waals surface area contributed by atoms with Crippen LogP contribution in [0.25, 0.3) is 0 Å². The van der Waals surface area contributed by atoms with Gasteiger partial charge in [0.15, 0.2) is 0 Å². The fraction of sp³-hybridized carbons (Fsp3) is 0.625. The van der Waals surface area contributed by atoms with Gasteiger partial charge in [0, 0.05) is 20.8 Å². The first-order chi connectivity index (χ1) is 12.0. The molecule has 0 saturated carbocycles. The van der Waals surface area contributed by atoms with Crippen LogP contribution in [0.5, 0.6) is 0 Å². The Hall–Kier alpha value is -2.26. The first kappa shape index (κ1) is 17.6. The van der Waals surface area contributed by atoms with E-state index in [1.165, 1.54) is 9.80 Å². The molecular weight excluding hydrogens is 326 g/mol. The predicted octanol–water partition coefficient (Wildman–Crippen LogP) is 0.246. The molecule has 25 heavy (non-hydrogen) atoms. The van der Waals surface area contributed by atoms with Gasteiger partial charge in [-0.25, -0.2) is 13.9 Å². The number of rotatable bonds is 7. The monoisotopic (exact) mass is 350 g/mol. The number of imide groups is 1. The van der Waals surface area contributed by atoms with E-state index < -0.39 is 6.04 Å². The van der Waals surface area contributed by atoms with E-state index in [2.05, 4.69) is 4.99 Å². The van der Waals surface area contributed by atoms with Gasteiger partial charge in [0.1, 0.15) is 11.9 Å². The average molecular weight is 350 g/mol. The SMILES string of the molecule is CCOCCN1C(=O)C2C(=Nc3n(CCOC)c(C)c[n+]32)N(C)C1=O. The lowest BCUT2D eigenvalue weighted by Crippen LogP contribution is -2.63. The Morgan fingerprint density at radius 2 is 2.04 bits per heavy atom. The van der Waals surface area contributed by atoms with Crippen LogP contribution in [0, 0.1) is 6.92 Å². The molecule has 3 rings (SSSR count). The zero-order valence-corrected chi connectivity index (χ0v) is 15.1. The van der Waals surface area contributed by atoms with Gasteiger partial charge in [-0.2, -0.15) is 0 Å². The Kier molecular flexibility index (Phi) is 4.87. The molecule has 2 aliphatic heterocycles. The van der Waals surface area contributed by atoms with Crippen LogP contribution in [0.1, 0.15) is 18.7 Å². The summed E-state index contributed by atoms with van der Waals surface area (Å²) in [5, 5.41) is 0. The fourth-order valence-corrected chi connectivity index (χ4v) is 3.20. The van der Waals surface area contributed by atoms with E-state index in [4.69, 9.17) is 9.47 Å². The number of nitrogens with zero attached hydrogens (tertiary/aromatic N) is 5. The number of hydrogen-bond donors (Lipinski definition) is 0. The second-order valence-electron chi connectivity index (χ2n) is 6.02. The number of urea groups is 1. The molecule has 9 heteroatoms. The first-order valence-electron chi connectivity index (χ1n) is 8.36. The maximum absolute atomic E-state index is 12.9. The van der Waals surface area contributed by atoms with E-state index in [0.717, 1.165) is 5.69 Å². The molecule has 0 bridgehead atoms. The lowest BCUT2D eigenvalue weighted by atomic mass is 10.1.